The van der Waals surface area contributed by atoms with Crippen LogP contribution in [0.5, 0.6) is 0 Å². The summed E-state index contributed by atoms with van der Waals surface area (Å²) >= 11 is 0. The Kier molecular flexibility index (Phi) is 6.98. The largest absolute Gasteiger partial charge is 0.445 e. The van der Waals surface area contributed by atoms with Gasteiger partial charge in [0.2, 0.25) is 5.91 Å². The molecule has 2 amide bonds. The molecule has 1 aromatic rings. The molecule has 1 aromatic carbocycles. The highest BCUT2D eigenvalue weighted by Gasteiger charge is 2.28. The summed E-state index contributed by atoms with van der Waals surface area (Å²) in [5.41, 5.74) is 0.878. The van der Waals surface area contributed by atoms with E-state index >= 15 is 0 Å². The van der Waals surface area contributed by atoms with Crippen molar-refractivity contribution < 1.29 is 19.1 Å². The molecular formula is C19H26N2O4. The lowest BCUT2D eigenvalue weighted by Crippen LogP contribution is -2.50. The second-order valence-electron chi connectivity index (χ2n) is 6.73. The second-order valence-corrected chi connectivity index (χ2v) is 6.73. The lowest BCUT2D eigenvalue weighted by molar-refractivity contribution is -0.125. The number of hydrogen-bond acceptors (Lipinski definition) is 4. The zero-order valence-corrected chi connectivity index (χ0v) is 14.8. The molecule has 2 atom stereocenters. The van der Waals surface area contributed by atoms with Crippen LogP contribution in [0.15, 0.2) is 30.3 Å². The van der Waals surface area contributed by atoms with Gasteiger partial charge in [0.15, 0.2) is 0 Å². The number of Topliss-reactive ketones (excluding diaryl/α,β-unsaturated/α-hetero) is 1. The Bertz CT molecular complexity index is 601. The van der Waals surface area contributed by atoms with Gasteiger partial charge >= 0.3 is 6.09 Å². The van der Waals surface area contributed by atoms with E-state index in [4.69, 9.17) is 4.74 Å². The molecule has 0 unspecified atom stereocenters. The standard InChI is InChI=1S/C19H26N2O4/c1-13(2)17(18(23)20-11-15-9-6-10-16(15)22)21-19(24)25-12-14-7-4-3-5-8-14/h3-5,7-8,13,15,17H,6,9-12H2,1-2H3,(H,20,23)(H,21,24)/t15-,17+/m1/s1. The number of alkyl carbamates (subject to hydrolysis) is 1. The van der Waals surface area contributed by atoms with E-state index in [1.165, 1.54) is 0 Å². The number of benzene rings is 1. The fraction of sp³-hybridized carbons (Fsp3) is 0.526. The van der Waals surface area contributed by atoms with Gasteiger partial charge in [-0.3, -0.25) is 9.59 Å². The number of nitrogens with one attached hydrogen (secondary N) is 2. The molecule has 1 aliphatic rings. The van der Waals surface area contributed by atoms with Crippen molar-refractivity contribution in [2.24, 2.45) is 11.8 Å². The first-order valence-corrected chi connectivity index (χ1v) is 8.75. The number of carbonyl (C=O) groups is 3. The normalized spacial score (nSPS) is 18.0. The zero-order chi connectivity index (χ0) is 18.2. The Morgan fingerprint density at radius 1 is 1.24 bits per heavy atom. The van der Waals surface area contributed by atoms with Crippen LogP contribution in [0.3, 0.4) is 0 Å². The SMILES string of the molecule is CC(C)[C@H](NC(=O)OCc1ccccc1)C(=O)NC[C@H]1CCCC1=O. The molecule has 1 aliphatic carbocycles. The fourth-order valence-electron chi connectivity index (χ4n) is 2.86. The molecule has 0 aromatic heterocycles. The van der Waals surface area contributed by atoms with Crippen LogP contribution in [0.4, 0.5) is 4.79 Å². The zero-order valence-electron chi connectivity index (χ0n) is 14.8. The van der Waals surface area contributed by atoms with Crippen molar-refractivity contribution in [3.63, 3.8) is 0 Å². The Morgan fingerprint density at radius 3 is 2.56 bits per heavy atom. The smallest absolute Gasteiger partial charge is 0.408 e. The minimum atomic E-state index is -0.695. The minimum absolute atomic E-state index is 0.0939. The van der Waals surface area contributed by atoms with Crippen molar-refractivity contribution in [2.75, 3.05) is 6.54 Å². The Morgan fingerprint density at radius 2 is 1.96 bits per heavy atom. The van der Waals surface area contributed by atoms with Crippen molar-refractivity contribution in [2.45, 2.75) is 45.8 Å². The van der Waals surface area contributed by atoms with E-state index in [1.807, 2.05) is 44.2 Å². The van der Waals surface area contributed by atoms with Gasteiger partial charge in [-0.15, -0.1) is 0 Å². The lowest BCUT2D eigenvalue weighted by Gasteiger charge is -2.22. The average molecular weight is 346 g/mol. The lowest BCUT2D eigenvalue weighted by atomic mass is 10.0. The van der Waals surface area contributed by atoms with Crippen molar-refractivity contribution in [1.82, 2.24) is 10.6 Å². The number of hydrogen-bond donors (Lipinski definition) is 2. The monoisotopic (exact) mass is 346 g/mol. The summed E-state index contributed by atoms with van der Waals surface area (Å²) in [7, 11) is 0. The van der Waals surface area contributed by atoms with E-state index in [1.54, 1.807) is 0 Å². The first kappa shape index (κ1) is 19.0. The highest BCUT2D eigenvalue weighted by molar-refractivity contribution is 5.87. The van der Waals surface area contributed by atoms with Crippen molar-refractivity contribution in [1.29, 1.82) is 0 Å². The Hall–Kier alpha value is -2.37. The molecule has 1 saturated carbocycles. The summed E-state index contributed by atoms with van der Waals surface area (Å²) in [5, 5.41) is 5.40. The first-order valence-electron chi connectivity index (χ1n) is 8.75. The van der Waals surface area contributed by atoms with E-state index < -0.39 is 12.1 Å². The summed E-state index contributed by atoms with van der Waals surface area (Å²) in [4.78, 5) is 36.0. The number of ketones is 1. The topological polar surface area (TPSA) is 84.5 Å². The molecule has 0 radical (unpaired) electrons. The number of ether oxygens (including phenoxy) is 1. The average Bonchev–Trinajstić information content (AvgIpc) is 3.01. The van der Waals surface area contributed by atoms with Gasteiger partial charge < -0.3 is 15.4 Å². The summed E-state index contributed by atoms with van der Waals surface area (Å²) in [6.07, 6.45) is 1.67. The van der Waals surface area contributed by atoms with Gasteiger partial charge in [0.1, 0.15) is 18.4 Å². The summed E-state index contributed by atoms with van der Waals surface area (Å²) in [6, 6.07) is 8.64. The molecule has 0 aliphatic heterocycles. The van der Waals surface area contributed by atoms with E-state index in [-0.39, 0.29) is 30.1 Å². The second kappa shape index (κ2) is 9.20. The molecule has 1 fully saturated rings. The third-order valence-electron chi connectivity index (χ3n) is 4.39. The predicted octanol–water partition coefficient (Wildman–Crippen LogP) is 2.42. The maximum absolute atomic E-state index is 12.4. The van der Waals surface area contributed by atoms with Gasteiger partial charge in [-0.1, -0.05) is 44.2 Å². The number of rotatable bonds is 7. The summed E-state index contributed by atoms with van der Waals surface area (Å²) < 4.78 is 5.17. The van der Waals surface area contributed by atoms with Crippen LogP contribution < -0.4 is 10.6 Å². The molecule has 6 nitrogen and oxygen atoms in total. The molecule has 6 heteroatoms. The van der Waals surface area contributed by atoms with Gasteiger partial charge in [0, 0.05) is 18.9 Å². The van der Waals surface area contributed by atoms with Crippen molar-refractivity contribution in [3.8, 4) is 0 Å². The van der Waals surface area contributed by atoms with Crippen molar-refractivity contribution in [3.05, 3.63) is 35.9 Å². The van der Waals surface area contributed by atoms with E-state index in [2.05, 4.69) is 10.6 Å². The molecular weight excluding hydrogens is 320 g/mol. The van der Waals surface area contributed by atoms with Crippen LogP contribution in [-0.4, -0.2) is 30.4 Å². The maximum Gasteiger partial charge on any atom is 0.408 e. The van der Waals surface area contributed by atoms with E-state index in [0.29, 0.717) is 13.0 Å². The van der Waals surface area contributed by atoms with E-state index in [9.17, 15) is 14.4 Å². The van der Waals surface area contributed by atoms with Crippen LogP contribution in [-0.2, 0) is 20.9 Å². The highest BCUT2D eigenvalue weighted by atomic mass is 16.5. The molecule has 2 N–H and O–H groups in total. The third kappa shape index (κ3) is 5.89. The molecule has 0 bridgehead atoms. The third-order valence-corrected chi connectivity index (χ3v) is 4.39. The van der Waals surface area contributed by atoms with Crippen LogP contribution in [0, 0.1) is 11.8 Å². The predicted molar refractivity (Wildman–Crippen MR) is 93.7 cm³/mol. The first-order chi connectivity index (χ1) is 12.0. The summed E-state index contributed by atoms with van der Waals surface area (Å²) in [5.74, 6) is -0.270. The van der Waals surface area contributed by atoms with Crippen LogP contribution in [0.25, 0.3) is 0 Å². The highest BCUT2D eigenvalue weighted by Crippen LogP contribution is 2.20. The van der Waals surface area contributed by atoms with Gasteiger partial charge in [-0.2, -0.15) is 0 Å². The number of carbonyl (C=O) groups excluding carboxylic acids is 3. The van der Waals surface area contributed by atoms with Crippen LogP contribution in [0.2, 0.25) is 0 Å². The van der Waals surface area contributed by atoms with E-state index in [0.717, 1.165) is 18.4 Å². The van der Waals surface area contributed by atoms with Gasteiger partial charge in [0.25, 0.3) is 0 Å². The van der Waals surface area contributed by atoms with Crippen LogP contribution >= 0.6 is 0 Å². The van der Waals surface area contributed by atoms with Crippen molar-refractivity contribution >= 4 is 17.8 Å². The molecule has 2 rings (SSSR count). The van der Waals surface area contributed by atoms with Gasteiger partial charge in [-0.25, -0.2) is 4.79 Å². The Labute approximate surface area is 148 Å². The molecule has 0 heterocycles. The Balaban J connectivity index is 1.81. The fourth-order valence-corrected chi connectivity index (χ4v) is 2.86. The minimum Gasteiger partial charge on any atom is -0.445 e. The molecule has 136 valence electrons. The molecule has 0 saturated heterocycles. The summed E-state index contributed by atoms with van der Waals surface area (Å²) in [6.45, 7) is 4.18. The quantitative estimate of drug-likeness (QED) is 0.794. The van der Waals surface area contributed by atoms with Gasteiger partial charge in [0.05, 0.1) is 0 Å². The molecule has 25 heavy (non-hydrogen) atoms. The van der Waals surface area contributed by atoms with Crippen LogP contribution in [0.1, 0.15) is 38.7 Å². The molecule has 0 spiro atoms. The number of amides is 2. The maximum atomic E-state index is 12.4. The van der Waals surface area contributed by atoms with Gasteiger partial charge in [-0.05, 0) is 24.3 Å².